The lowest BCUT2D eigenvalue weighted by Gasteiger charge is -2.19. The lowest BCUT2D eigenvalue weighted by atomic mass is 9.96. The first kappa shape index (κ1) is 15.9. The Morgan fingerprint density at radius 1 is 1.10 bits per heavy atom. The van der Waals surface area contributed by atoms with Gasteiger partial charge in [0.15, 0.2) is 0 Å². The zero-order valence-electron chi connectivity index (χ0n) is 13.0. The topological polar surface area (TPSA) is 21.3 Å². The molecule has 1 atom stereocenters. The maximum Gasteiger partial charge on any atom is 0.120 e. The Balaban J connectivity index is 2.25. The molecule has 3 heteroatoms. The lowest BCUT2D eigenvalue weighted by molar-refractivity contribution is 0.414. The van der Waals surface area contributed by atoms with Gasteiger partial charge < -0.3 is 10.1 Å². The molecule has 0 aromatic heterocycles. The van der Waals surface area contributed by atoms with Crippen molar-refractivity contribution in [2.24, 2.45) is 0 Å². The maximum atomic E-state index is 6.38. The third-order valence-electron chi connectivity index (χ3n) is 3.94. The minimum atomic E-state index is 0.186. The number of likely N-dealkylation sites (N-methyl/N-ethyl adjacent to an activating group) is 1. The summed E-state index contributed by atoms with van der Waals surface area (Å²) < 4.78 is 5.21. The standard InChI is InChI=1S/C18H22ClNO/c1-12-5-6-14(9-13(12)2)10-18(20-3)16-8-7-15(21-4)11-17(16)19/h5-9,11,18,20H,10H2,1-4H3. The van der Waals surface area contributed by atoms with E-state index in [-0.39, 0.29) is 6.04 Å². The Hall–Kier alpha value is -1.51. The molecule has 2 aromatic rings. The van der Waals surface area contributed by atoms with Crippen molar-refractivity contribution in [2.75, 3.05) is 14.2 Å². The second kappa shape index (κ2) is 6.97. The molecule has 2 nitrogen and oxygen atoms in total. The Morgan fingerprint density at radius 2 is 1.86 bits per heavy atom. The van der Waals surface area contributed by atoms with Gasteiger partial charge in [0, 0.05) is 11.1 Å². The summed E-state index contributed by atoms with van der Waals surface area (Å²) in [5.41, 5.74) is 5.05. The van der Waals surface area contributed by atoms with Crippen molar-refractivity contribution >= 4 is 11.6 Å². The van der Waals surface area contributed by atoms with Gasteiger partial charge in [-0.3, -0.25) is 0 Å². The minimum Gasteiger partial charge on any atom is -0.497 e. The SMILES string of the molecule is CNC(Cc1ccc(C)c(C)c1)c1ccc(OC)cc1Cl. The van der Waals surface area contributed by atoms with Gasteiger partial charge in [0.2, 0.25) is 0 Å². The van der Waals surface area contributed by atoms with E-state index in [0.717, 1.165) is 22.8 Å². The smallest absolute Gasteiger partial charge is 0.120 e. The van der Waals surface area contributed by atoms with Gasteiger partial charge in [-0.25, -0.2) is 0 Å². The number of aryl methyl sites for hydroxylation is 2. The molecule has 0 spiro atoms. The molecular formula is C18H22ClNO. The number of ether oxygens (including phenoxy) is 1. The molecule has 112 valence electrons. The third-order valence-corrected chi connectivity index (χ3v) is 4.27. The van der Waals surface area contributed by atoms with Crippen LogP contribution in [-0.4, -0.2) is 14.2 Å². The van der Waals surface area contributed by atoms with E-state index >= 15 is 0 Å². The van der Waals surface area contributed by atoms with Crippen LogP contribution in [0.25, 0.3) is 0 Å². The lowest BCUT2D eigenvalue weighted by Crippen LogP contribution is -2.19. The zero-order chi connectivity index (χ0) is 15.4. The number of halogens is 1. The highest BCUT2D eigenvalue weighted by molar-refractivity contribution is 6.31. The van der Waals surface area contributed by atoms with Gasteiger partial charge in [-0.05, 0) is 61.7 Å². The number of hydrogen-bond acceptors (Lipinski definition) is 2. The first-order valence-corrected chi connectivity index (χ1v) is 7.49. The van der Waals surface area contributed by atoms with Gasteiger partial charge in [-0.15, -0.1) is 0 Å². The van der Waals surface area contributed by atoms with Crippen LogP contribution in [0.15, 0.2) is 36.4 Å². The average molecular weight is 304 g/mol. The van der Waals surface area contributed by atoms with Crippen LogP contribution in [0.4, 0.5) is 0 Å². The molecule has 0 saturated heterocycles. The van der Waals surface area contributed by atoms with E-state index in [2.05, 4.69) is 37.4 Å². The molecule has 0 saturated carbocycles. The van der Waals surface area contributed by atoms with E-state index in [1.807, 2.05) is 25.2 Å². The molecule has 2 aromatic carbocycles. The van der Waals surface area contributed by atoms with Gasteiger partial charge in [0.05, 0.1) is 7.11 Å². The van der Waals surface area contributed by atoms with Gasteiger partial charge in [0.1, 0.15) is 5.75 Å². The van der Waals surface area contributed by atoms with Crippen LogP contribution in [0.1, 0.15) is 28.3 Å². The first-order valence-electron chi connectivity index (χ1n) is 7.12. The highest BCUT2D eigenvalue weighted by Crippen LogP contribution is 2.29. The first-order chi connectivity index (χ1) is 10.0. The summed E-state index contributed by atoms with van der Waals surface area (Å²) in [6, 6.07) is 12.6. The van der Waals surface area contributed by atoms with Gasteiger partial charge in [-0.2, -0.15) is 0 Å². The molecule has 1 N–H and O–H groups in total. The molecule has 0 fully saturated rings. The van der Waals surface area contributed by atoms with Crippen LogP contribution in [0.3, 0.4) is 0 Å². The fourth-order valence-electron chi connectivity index (χ4n) is 2.45. The molecule has 0 radical (unpaired) electrons. The molecule has 0 bridgehead atoms. The van der Waals surface area contributed by atoms with Gasteiger partial charge in [-0.1, -0.05) is 35.9 Å². The van der Waals surface area contributed by atoms with Crippen molar-refractivity contribution < 1.29 is 4.74 Å². The Labute approximate surface area is 132 Å². The second-order valence-electron chi connectivity index (χ2n) is 5.35. The monoisotopic (exact) mass is 303 g/mol. The van der Waals surface area contributed by atoms with E-state index < -0.39 is 0 Å². The molecule has 21 heavy (non-hydrogen) atoms. The van der Waals surface area contributed by atoms with E-state index in [0.29, 0.717) is 0 Å². The number of rotatable bonds is 5. The second-order valence-corrected chi connectivity index (χ2v) is 5.76. The molecular weight excluding hydrogens is 282 g/mol. The summed E-state index contributed by atoms with van der Waals surface area (Å²) in [4.78, 5) is 0. The third kappa shape index (κ3) is 3.78. The maximum absolute atomic E-state index is 6.38. The average Bonchev–Trinajstić information content (AvgIpc) is 2.48. The predicted octanol–water partition coefficient (Wildman–Crippen LogP) is 4.47. The Bertz CT molecular complexity index is 625. The summed E-state index contributed by atoms with van der Waals surface area (Å²) >= 11 is 6.38. The van der Waals surface area contributed by atoms with Crippen molar-refractivity contribution in [2.45, 2.75) is 26.3 Å². The molecule has 2 rings (SSSR count). The predicted molar refractivity (Wildman–Crippen MR) is 89.4 cm³/mol. The Kier molecular flexibility index (Phi) is 5.27. The van der Waals surface area contributed by atoms with E-state index in [4.69, 9.17) is 16.3 Å². The number of methoxy groups -OCH3 is 1. The number of nitrogens with one attached hydrogen (secondary N) is 1. The van der Waals surface area contributed by atoms with Crippen LogP contribution < -0.4 is 10.1 Å². The largest absolute Gasteiger partial charge is 0.497 e. The minimum absolute atomic E-state index is 0.186. The number of benzene rings is 2. The van der Waals surface area contributed by atoms with Crippen molar-refractivity contribution in [3.63, 3.8) is 0 Å². The normalized spacial score (nSPS) is 12.2. The molecule has 0 aliphatic rings. The van der Waals surface area contributed by atoms with Gasteiger partial charge in [0.25, 0.3) is 0 Å². The van der Waals surface area contributed by atoms with Crippen LogP contribution in [0.2, 0.25) is 5.02 Å². The van der Waals surface area contributed by atoms with Crippen LogP contribution in [0, 0.1) is 13.8 Å². The van der Waals surface area contributed by atoms with E-state index in [9.17, 15) is 0 Å². The van der Waals surface area contributed by atoms with E-state index in [1.54, 1.807) is 7.11 Å². The van der Waals surface area contributed by atoms with Crippen molar-refractivity contribution in [1.29, 1.82) is 0 Å². The van der Waals surface area contributed by atoms with Crippen LogP contribution in [0.5, 0.6) is 5.75 Å². The number of hydrogen-bond donors (Lipinski definition) is 1. The summed E-state index contributed by atoms with van der Waals surface area (Å²) in [5, 5.41) is 4.09. The highest BCUT2D eigenvalue weighted by atomic mass is 35.5. The fourth-order valence-corrected chi connectivity index (χ4v) is 2.75. The molecule has 0 amide bonds. The van der Waals surface area contributed by atoms with Crippen molar-refractivity contribution in [3.05, 3.63) is 63.7 Å². The summed E-state index contributed by atoms with van der Waals surface area (Å²) in [6.45, 7) is 4.28. The summed E-state index contributed by atoms with van der Waals surface area (Å²) in [6.07, 6.45) is 0.906. The summed E-state index contributed by atoms with van der Waals surface area (Å²) in [5.74, 6) is 0.782. The fraction of sp³-hybridized carbons (Fsp3) is 0.333. The molecule has 0 heterocycles. The Morgan fingerprint density at radius 3 is 2.43 bits per heavy atom. The summed E-state index contributed by atoms with van der Waals surface area (Å²) in [7, 11) is 3.61. The molecule has 0 aliphatic heterocycles. The van der Waals surface area contributed by atoms with Crippen molar-refractivity contribution in [1.82, 2.24) is 5.32 Å². The molecule has 0 aliphatic carbocycles. The quantitative estimate of drug-likeness (QED) is 0.880. The zero-order valence-corrected chi connectivity index (χ0v) is 13.8. The highest BCUT2D eigenvalue weighted by Gasteiger charge is 2.14. The van der Waals surface area contributed by atoms with E-state index in [1.165, 1.54) is 16.7 Å². The van der Waals surface area contributed by atoms with Gasteiger partial charge >= 0.3 is 0 Å². The van der Waals surface area contributed by atoms with Crippen LogP contribution >= 0.6 is 11.6 Å². The molecule has 1 unspecified atom stereocenters. The van der Waals surface area contributed by atoms with Crippen LogP contribution in [-0.2, 0) is 6.42 Å². The van der Waals surface area contributed by atoms with Crippen molar-refractivity contribution in [3.8, 4) is 5.75 Å².